The molecule has 1 aromatic heterocycles. The van der Waals surface area contributed by atoms with Crippen LogP contribution in [-0.4, -0.2) is 45.8 Å². The number of aryl methyl sites for hydroxylation is 1. The van der Waals surface area contributed by atoms with Crippen molar-refractivity contribution in [1.82, 2.24) is 25.0 Å². The third-order valence-corrected chi connectivity index (χ3v) is 4.39. The van der Waals surface area contributed by atoms with Crippen LogP contribution in [0.4, 0.5) is 0 Å². The quantitative estimate of drug-likeness (QED) is 0.892. The van der Waals surface area contributed by atoms with E-state index < -0.39 is 0 Å². The molecule has 1 aliphatic carbocycles. The van der Waals surface area contributed by atoms with Crippen molar-refractivity contribution in [2.45, 2.75) is 44.6 Å². The van der Waals surface area contributed by atoms with Crippen LogP contribution in [0.3, 0.4) is 0 Å². The van der Waals surface area contributed by atoms with Crippen molar-refractivity contribution in [3.63, 3.8) is 0 Å². The normalized spacial score (nSPS) is 22.8. The van der Waals surface area contributed by atoms with E-state index >= 15 is 0 Å². The Hall–Kier alpha value is -0.940. The first-order chi connectivity index (χ1) is 9.33. The number of hydrogen-bond acceptors (Lipinski definition) is 4. The molecule has 0 radical (unpaired) electrons. The number of rotatable bonds is 3. The summed E-state index contributed by atoms with van der Waals surface area (Å²) >= 11 is 0. The van der Waals surface area contributed by atoms with Crippen molar-refractivity contribution >= 4 is 0 Å². The molecular weight excluding hydrogens is 238 g/mol. The molecule has 0 spiro atoms. The largest absolute Gasteiger partial charge is 0.315 e. The van der Waals surface area contributed by atoms with Gasteiger partial charge in [-0.2, -0.15) is 5.10 Å². The minimum Gasteiger partial charge on any atom is -0.315 e. The minimum atomic E-state index is 0.616. The molecule has 0 atom stereocenters. The molecule has 1 saturated heterocycles. The van der Waals surface area contributed by atoms with Crippen molar-refractivity contribution in [3.05, 3.63) is 11.6 Å². The van der Waals surface area contributed by atoms with Gasteiger partial charge < -0.3 is 5.32 Å². The highest BCUT2D eigenvalue weighted by Gasteiger charge is 2.22. The van der Waals surface area contributed by atoms with Gasteiger partial charge in [-0.15, -0.1) is 0 Å². The van der Waals surface area contributed by atoms with Crippen molar-refractivity contribution < 1.29 is 0 Å². The second-order valence-electron chi connectivity index (χ2n) is 5.87. The molecule has 2 aliphatic rings. The highest BCUT2D eigenvalue weighted by molar-refractivity contribution is 5.01. The van der Waals surface area contributed by atoms with E-state index in [0.717, 1.165) is 37.8 Å². The van der Waals surface area contributed by atoms with Crippen LogP contribution in [0.15, 0.2) is 0 Å². The summed E-state index contributed by atoms with van der Waals surface area (Å²) in [7, 11) is 2.04. The monoisotopic (exact) mass is 263 g/mol. The second kappa shape index (κ2) is 6.01. The average Bonchev–Trinajstić information content (AvgIpc) is 2.96. The molecule has 0 amide bonds. The predicted octanol–water partition coefficient (Wildman–Crippen LogP) is 1.27. The van der Waals surface area contributed by atoms with Crippen LogP contribution in [0.2, 0.25) is 0 Å². The van der Waals surface area contributed by atoms with E-state index in [2.05, 4.69) is 15.3 Å². The van der Waals surface area contributed by atoms with Gasteiger partial charge in [-0.05, 0) is 32.4 Å². The Balaban J connectivity index is 1.66. The molecule has 0 bridgehead atoms. The van der Waals surface area contributed by atoms with Crippen molar-refractivity contribution in [2.24, 2.45) is 7.05 Å². The minimum absolute atomic E-state index is 0.616. The number of nitrogens with zero attached hydrogens (tertiary/aromatic N) is 4. The van der Waals surface area contributed by atoms with E-state index in [1.807, 2.05) is 11.7 Å². The van der Waals surface area contributed by atoms with E-state index in [0.29, 0.717) is 5.92 Å². The fourth-order valence-corrected chi connectivity index (χ4v) is 3.19. The highest BCUT2D eigenvalue weighted by Crippen LogP contribution is 2.32. The SMILES string of the molecule is Cn1nc(C2CCCC2)nc1CN1CCCNCC1. The molecule has 106 valence electrons. The maximum Gasteiger partial charge on any atom is 0.154 e. The first-order valence-corrected chi connectivity index (χ1v) is 7.66. The molecule has 0 unspecified atom stereocenters. The zero-order valence-corrected chi connectivity index (χ0v) is 11.9. The van der Waals surface area contributed by atoms with E-state index in [1.54, 1.807) is 0 Å². The standard InChI is InChI=1S/C14H25N5/c1-18-13(11-19-9-4-7-15-8-10-19)16-14(17-18)12-5-2-3-6-12/h12,15H,2-11H2,1H3. The van der Waals surface area contributed by atoms with E-state index in [9.17, 15) is 0 Å². The predicted molar refractivity (Wildman–Crippen MR) is 75.0 cm³/mol. The second-order valence-corrected chi connectivity index (χ2v) is 5.87. The van der Waals surface area contributed by atoms with Gasteiger partial charge in [0.25, 0.3) is 0 Å². The molecule has 19 heavy (non-hydrogen) atoms. The lowest BCUT2D eigenvalue weighted by Gasteiger charge is -2.18. The van der Waals surface area contributed by atoms with Crippen LogP contribution in [0.5, 0.6) is 0 Å². The topological polar surface area (TPSA) is 46.0 Å². The van der Waals surface area contributed by atoms with Gasteiger partial charge in [0.1, 0.15) is 5.82 Å². The van der Waals surface area contributed by atoms with Crippen LogP contribution in [0.25, 0.3) is 0 Å². The summed E-state index contributed by atoms with van der Waals surface area (Å²) in [6.07, 6.45) is 6.47. The Labute approximate surface area is 115 Å². The van der Waals surface area contributed by atoms with Crippen molar-refractivity contribution in [3.8, 4) is 0 Å². The van der Waals surface area contributed by atoms with Gasteiger partial charge >= 0.3 is 0 Å². The maximum atomic E-state index is 4.81. The molecule has 0 aromatic carbocycles. The third kappa shape index (κ3) is 3.15. The van der Waals surface area contributed by atoms with Gasteiger partial charge in [-0.25, -0.2) is 4.98 Å². The van der Waals surface area contributed by atoms with E-state index in [-0.39, 0.29) is 0 Å². The van der Waals surface area contributed by atoms with Crippen LogP contribution >= 0.6 is 0 Å². The Bertz CT molecular complexity index is 400. The van der Waals surface area contributed by atoms with Crippen LogP contribution in [0, 0.1) is 0 Å². The van der Waals surface area contributed by atoms with Gasteiger partial charge in [-0.1, -0.05) is 12.8 Å². The summed E-state index contributed by atoms with van der Waals surface area (Å²) < 4.78 is 1.99. The smallest absolute Gasteiger partial charge is 0.154 e. The molecule has 1 aromatic rings. The summed E-state index contributed by atoms with van der Waals surface area (Å²) in [6.45, 7) is 5.46. The number of aromatic nitrogens is 3. The van der Waals surface area contributed by atoms with E-state index in [1.165, 1.54) is 38.6 Å². The van der Waals surface area contributed by atoms with Gasteiger partial charge in [0.15, 0.2) is 5.82 Å². The molecule has 2 fully saturated rings. The fourth-order valence-electron chi connectivity index (χ4n) is 3.19. The number of hydrogen-bond donors (Lipinski definition) is 1. The molecule has 5 nitrogen and oxygen atoms in total. The molecule has 1 N–H and O–H groups in total. The van der Waals surface area contributed by atoms with Gasteiger partial charge in [-0.3, -0.25) is 9.58 Å². The summed E-state index contributed by atoms with van der Waals surface area (Å²) in [5.74, 6) is 2.83. The Morgan fingerprint density at radius 3 is 2.84 bits per heavy atom. The molecule has 1 saturated carbocycles. The Morgan fingerprint density at radius 2 is 2.00 bits per heavy atom. The van der Waals surface area contributed by atoms with Crippen LogP contribution in [-0.2, 0) is 13.6 Å². The molecule has 3 rings (SSSR count). The van der Waals surface area contributed by atoms with Gasteiger partial charge in [0.05, 0.1) is 6.54 Å². The summed E-state index contributed by atoms with van der Waals surface area (Å²) in [4.78, 5) is 7.29. The third-order valence-electron chi connectivity index (χ3n) is 4.39. The molecule has 1 aliphatic heterocycles. The Morgan fingerprint density at radius 1 is 1.16 bits per heavy atom. The first kappa shape index (κ1) is 13.1. The lowest BCUT2D eigenvalue weighted by molar-refractivity contribution is 0.273. The van der Waals surface area contributed by atoms with E-state index in [4.69, 9.17) is 4.98 Å². The van der Waals surface area contributed by atoms with Gasteiger partial charge in [0, 0.05) is 26.1 Å². The molecule has 2 heterocycles. The molecular formula is C14H25N5. The number of nitrogens with one attached hydrogen (secondary N) is 1. The Kier molecular flexibility index (Phi) is 4.13. The first-order valence-electron chi connectivity index (χ1n) is 7.66. The van der Waals surface area contributed by atoms with Gasteiger partial charge in [0.2, 0.25) is 0 Å². The summed E-state index contributed by atoms with van der Waals surface area (Å²) in [5, 5.41) is 8.09. The summed E-state index contributed by atoms with van der Waals surface area (Å²) in [5.41, 5.74) is 0. The van der Waals surface area contributed by atoms with Crippen LogP contribution < -0.4 is 5.32 Å². The molecule has 5 heteroatoms. The maximum absolute atomic E-state index is 4.81. The highest BCUT2D eigenvalue weighted by atomic mass is 15.4. The lowest BCUT2D eigenvalue weighted by atomic mass is 10.1. The van der Waals surface area contributed by atoms with Crippen molar-refractivity contribution in [1.29, 1.82) is 0 Å². The van der Waals surface area contributed by atoms with Crippen molar-refractivity contribution in [2.75, 3.05) is 26.2 Å². The average molecular weight is 263 g/mol. The lowest BCUT2D eigenvalue weighted by Crippen LogP contribution is -2.28. The zero-order valence-electron chi connectivity index (χ0n) is 11.9. The zero-order chi connectivity index (χ0) is 13.1. The summed E-state index contributed by atoms with van der Waals surface area (Å²) in [6, 6.07) is 0. The fraction of sp³-hybridized carbons (Fsp3) is 0.857. The van der Waals surface area contributed by atoms with Crippen LogP contribution in [0.1, 0.15) is 49.7 Å².